The maximum Gasteiger partial charge on any atom is 0.303 e. The zero-order chi connectivity index (χ0) is 13.1. The number of amides is 1. The minimum atomic E-state index is -0.828. The predicted molar refractivity (Wildman–Crippen MR) is 70.1 cm³/mol. The second-order valence-electron chi connectivity index (χ2n) is 4.72. The molecule has 0 aliphatic heterocycles. The molecule has 1 atom stereocenters. The Morgan fingerprint density at radius 3 is 2.94 bits per heavy atom. The fraction of sp³-hybridized carbons (Fsp3) is 0.538. The Kier molecular flexibility index (Phi) is 4.01. The minimum Gasteiger partial charge on any atom is -0.481 e. The molecule has 0 saturated heterocycles. The van der Waals surface area contributed by atoms with E-state index in [9.17, 15) is 9.59 Å². The second kappa shape index (κ2) is 5.52. The molecule has 5 heteroatoms. The summed E-state index contributed by atoms with van der Waals surface area (Å²) >= 11 is 1.57. The van der Waals surface area contributed by atoms with Crippen molar-refractivity contribution in [2.45, 2.75) is 45.1 Å². The average Bonchev–Trinajstić information content (AvgIpc) is 2.85. The van der Waals surface area contributed by atoms with Gasteiger partial charge in [0.15, 0.2) is 0 Å². The van der Waals surface area contributed by atoms with Crippen LogP contribution in [0.4, 0.5) is 0 Å². The average molecular weight is 267 g/mol. The first-order chi connectivity index (χ1) is 8.56. The summed E-state index contributed by atoms with van der Waals surface area (Å²) in [6, 6.07) is 1.87. The van der Waals surface area contributed by atoms with E-state index >= 15 is 0 Å². The number of rotatable bonds is 5. The van der Waals surface area contributed by atoms with Crippen LogP contribution < -0.4 is 5.32 Å². The number of nitrogens with one attached hydrogen (secondary N) is 1. The molecule has 1 unspecified atom stereocenters. The van der Waals surface area contributed by atoms with E-state index < -0.39 is 5.97 Å². The Labute approximate surface area is 110 Å². The first-order valence-electron chi connectivity index (χ1n) is 6.20. The largest absolute Gasteiger partial charge is 0.481 e. The van der Waals surface area contributed by atoms with Gasteiger partial charge in [0, 0.05) is 17.3 Å². The van der Waals surface area contributed by atoms with Crippen LogP contribution in [0.5, 0.6) is 0 Å². The van der Waals surface area contributed by atoms with Crippen molar-refractivity contribution in [3.8, 4) is 0 Å². The summed E-state index contributed by atoms with van der Waals surface area (Å²) in [6.07, 6.45) is 3.90. The van der Waals surface area contributed by atoms with Crippen molar-refractivity contribution in [2.75, 3.05) is 0 Å². The molecule has 1 aromatic rings. The second-order valence-corrected chi connectivity index (χ2v) is 5.86. The van der Waals surface area contributed by atoms with Gasteiger partial charge in [0.1, 0.15) is 0 Å². The van der Waals surface area contributed by atoms with Crippen molar-refractivity contribution < 1.29 is 14.7 Å². The lowest BCUT2D eigenvalue weighted by molar-refractivity contribution is -0.137. The Balaban J connectivity index is 1.89. The summed E-state index contributed by atoms with van der Waals surface area (Å²) in [7, 11) is 0. The SMILES string of the molecule is CC(CCC(=O)O)NC(=O)c1cc2c(s1)CCC2. The van der Waals surface area contributed by atoms with Crippen molar-refractivity contribution in [3.05, 3.63) is 21.4 Å². The predicted octanol–water partition coefficient (Wildman–Crippen LogP) is 2.22. The number of thiophene rings is 1. The molecule has 18 heavy (non-hydrogen) atoms. The van der Waals surface area contributed by atoms with Crippen molar-refractivity contribution in [1.29, 1.82) is 0 Å². The minimum absolute atomic E-state index is 0.0766. The third-order valence-corrected chi connectivity index (χ3v) is 4.37. The number of carboxylic acids is 1. The fourth-order valence-corrected chi connectivity index (χ4v) is 3.30. The summed E-state index contributed by atoms with van der Waals surface area (Å²) < 4.78 is 0. The molecule has 1 heterocycles. The molecule has 1 aliphatic rings. The number of carbonyl (C=O) groups excluding carboxylic acids is 1. The molecular formula is C13H17NO3S. The monoisotopic (exact) mass is 267 g/mol. The summed E-state index contributed by atoms with van der Waals surface area (Å²) in [5.41, 5.74) is 1.31. The maximum atomic E-state index is 12.0. The Hall–Kier alpha value is -1.36. The molecule has 1 aromatic heterocycles. The van der Waals surface area contributed by atoms with Gasteiger partial charge in [-0.15, -0.1) is 11.3 Å². The van der Waals surface area contributed by atoms with Crippen LogP contribution >= 0.6 is 11.3 Å². The Morgan fingerprint density at radius 1 is 1.50 bits per heavy atom. The van der Waals surface area contributed by atoms with Crippen LogP contribution in [0.25, 0.3) is 0 Å². The zero-order valence-electron chi connectivity index (χ0n) is 10.4. The van der Waals surface area contributed by atoms with Crippen LogP contribution in [0.3, 0.4) is 0 Å². The highest BCUT2D eigenvalue weighted by Crippen LogP contribution is 2.30. The molecule has 0 fully saturated rings. The van der Waals surface area contributed by atoms with Gasteiger partial charge in [-0.25, -0.2) is 0 Å². The van der Waals surface area contributed by atoms with Gasteiger partial charge in [-0.3, -0.25) is 9.59 Å². The van der Waals surface area contributed by atoms with E-state index in [4.69, 9.17) is 5.11 Å². The van der Waals surface area contributed by atoms with E-state index in [1.165, 1.54) is 16.9 Å². The number of aryl methyl sites for hydroxylation is 2. The highest BCUT2D eigenvalue weighted by atomic mass is 32.1. The third kappa shape index (κ3) is 3.10. The van der Waals surface area contributed by atoms with Gasteiger partial charge in [-0.2, -0.15) is 0 Å². The van der Waals surface area contributed by atoms with Crippen LogP contribution in [0.2, 0.25) is 0 Å². The number of hydrogen-bond donors (Lipinski definition) is 2. The quantitative estimate of drug-likeness (QED) is 0.859. The fourth-order valence-electron chi connectivity index (χ4n) is 2.15. The number of carbonyl (C=O) groups is 2. The molecule has 1 aliphatic carbocycles. The molecule has 0 bridgehead atoms. The van der Waals surface area contributed by atoms with E-state index in [2.05, 4.69) is 5.32 Å². The van der Waals surface area contributed by atoms with Gasteiger partial charge in [-0.05, 0) is 44.2 Å². The molecule has 0 aromatic carbocycles. The maximum absolute atomic E-state index is 12.0. The summed E-state index contributed by atoms with van der Waals surface area (Å²) in [5.74, 6) is -0.904. The number of carboxylic acid groups (broad SMARTS) is 1. The molecule has 98 valence electrons. The smallest absolute Gasteiger partial charge is 0.303 e. The lowest BCUT2D eigenvalue weighted by Crippen LogP contribution is -2.32. The van der Waals surface area contributed by atoms with Gasteiger partial charge in [0.25, 0.3) is 5.91 Å². The third-order valence-electron chi connectivity index (χ3n) is 3.14. The number of hydrogen-bond acceptors (Lipinski definition) is 3. The van der Waals surface area contributed by atoms with Crippen LogP contribution in [-0.4, -0.2) is 23.0 Å². The van der Waals surface area contributed by atoms with Crippen molar-refractivity contribution >= 4 is 23.2 Å². The standard InChI is InChI=1S/C13H17NO3S/c1-8(5-6-12(15)16)14-13(17)11-7-9-3-2-4-10(9)18-11/h7-8H,2-6H2,1H3,(H,14,17)(H,15,16). The summed E-state index contributed by atoms with van der Waals surface area (Å²) in [4.78, 5) is 24.5. The van der Waals surface area contributed by atoms with Crippen molar-refractivity contribution in [3.63, 3.8) is 0 Å². The molecular weight excluding hydrogens is 250 g/mol. The zero-order valence-corrected chi connectivity index (χ0v) is 11.2. The lowest BCUT2D eigenvalue weighted by Gasteiger charge is -2.11. The number of fused-ring (bicyclic) bond motifs is 1. The molecule has 2 N–H and O–H groups in total. The summed E-state index contributed by atoms with van der Waals surface area (Å²) in [6.45, 7) is 1.84. The van der Waals surface area contributed by atoms with Crippen molar-refractivity contribution in [2.24, 2.45) is 0 Å². The lowest BCUT2D eigenvalue weighted by atomic mass is 10.2. The van der Waals surface area contributed by atoms with E-state index in [0.717, 1.165) is 17.7 Å². The van der Waals surface area contributed by atoms with E-state index in [-0.39, 0.29) is 18.4 Å². The normalized spacial score (nSPS) is 15.2. The first kappa shape index (κ1) is 13.1. The van der Waals surface area contributed by atoms with Crippen LogP contribution in [0.1, 0.15) is 46.3 Å². The Bertz CT molecular complexity index is 445. The summed E-state index contributed by atoms with van der Waals surface area (Å²) in [5, 5.41) is 11.4. The van der Waals surface area contributed by atoms with Gasteiger partial charge in [0.05, 0.1) is 4.88 Å². The van der Waals surface area contributed by atoms with Gasteiger partial charge in [0.2, 0.25) is 0 Å². The van der Waals surface area contributed by atoms with Crippen LogP contribution in [0.15, 0.2) is 6.07 Å². The molecule has 2 rings (SSSR count). The van der Waals surface area contributed by atoms with Gasteiger partial charge >= 0.3 is 5.97 Å². The van der Waals surface area contributed by atoms with Crippen LogP contribution in [-0.2, 0) is 17.6 Å². The topological polar surface area (TPSA) is 66.4 Å². The highest BCUT2D eigenvalue weighted by molar-refractivity contribution is 7.14. The van der Waals surface area contributed by atoms with E-state index in [1.54, 1.807) is 11.3 Å². The van der Waals surface area contributed by atoms with E-state index in [1.807, 2.05) is 13.0 Å². The number of aliphatic carboxylic acids is 1. The Morgan fingerprint density at radius 2 is 2.28 bits per heavy atom. The van der Waals surface area contributed by atoms with Gasteiger partial charge < -0.3 is 10.4 Å². The first-order valence-corrected chi connectivity index (χ1v) is 7.02. The molecule has 0 saturated carbocycles. The van der Waals surface area contributed by atoms with Gasteiger partial charge in [-0.1, -0.05) is 0 Å². The van der Waals surface area contributed by atoms with Crippen molar-refractivity contribution in [1.82, 2.24) is 5.32 Å². The molecule has 0 spiro atoms. The molecule has 4 nitrogen and oxygen atoms in total. The van der Waals surface area contributed by atoms with E-state index in [0.29, 0.717) is 6.42 Å². The highest BCUT2D eigenvalue weighted by Gasteiger charge is 2.19. The van der Waals surface area contributed by atoms with Crippen LogP contribution in [0, 0.1) is 0 Å². The molecule has 1 amide bonds. The molecule has 0 radical (unpaired) electrons.